The van der Waals surface area contributed by atoms with Crippen molar-refractivity contribution in [3.8, 4) is 0 Å². The molecule has 0 saturated heterocycles. The molecule has 3 aromatic rings. The minimum atomic E-state index is -3.50. The van der Waals surface area contributed by atoms with E-state index in [2.05, 4.69) is 6.58 Å². The summed E-state index contributed by atoms with van der Waals surface area (Å²) in [6, 6.07) is 27.9. The van der Waals surface area contributed by atoms with Gasteiger partial charge in [-0.05, 0) is 0 Å². The van der Waals surface area contributed by atoms with Crippen LogP contribution in [0.5, 0.6) is 0 Å². The maximum absolute atomic E-state index is 7.34. The normalized spacial score (nSPS) is 13.0. The van der Waals surface area contributed by atoms with E-state index in [9.17, 15) is 0 Å². The first-order valence-corrected chi connectivity index (χ1v) is 11.4. The van der Waals surface area contributed by atoms with E-state index in [4.69, 9.17) is 22.5 Å². The van der Waals surface area contributed by atoms with Crippen LogP contribution in [-0.2, 0) is 0 Å². The van der Waals surface area contributed by atoms with E-state index in [0.29, 0.717) is 0 Å². The fourth-order valence-electron chi connectivity index (χ4n) is 2.70. The summed E-state index contributed by atoms with van der Waals surface area (Å²) in [7, 11) is 0. The number of halogens is 2. The van der Waals surface area contributed by atoms with Gasteiger partial charge in [0.25, 0.3) is 0 Å². The molecule has 0 radical (unpaired) electrons. The van der Waals surface area contributed by atoms with Crippen molar-refractivity contribution in [2.75, 3.05) is 0 Å². The van der Waals surface area contributed by atoms with Crippen LogP contribution in [0.4, 0.5) is 0 Å². The summed E-state index contributed by atoms with van der Waals surface area (Å²) >= 11 is 14.7. The molecule has 0 aliphatic carbocycles. The minimum absolute atomic E-state index is 0.933. The SMILES string of the molecule is C=Cc1ccc(P(Cl)(Cl)(c2ccccc2)c2ccccc2)cc1. The Morgan fingerprint density at radius 1 is 0.609 bits per heavy atom. The molecule has 0 heterocycles. The van der Waals surface area contributed by atoms with E-state index < -0.39 is 5.31 Å². The van der Waals surface area contributed by atoms with Gasteiger partial charge < -0.3 is 0 Å². The molecule has 0 aliphatic heterocycles. The number of hydrogen-bond donors (Lipinski definition) is 0. The molecule has 0 fully saturated rings. The van der Waals surface area contributed by atoms with Crippen LogP contribution in [0.15, 0.2) is 91.5 Å². The Balaban J connectivity index is 2.32. The first kappa shape index (κ1) is 16.3. The molecule has 0 atom stereocenters. The van der Waals surface area contributed by atoms with Crippen molar-refractivity contribution in [2.45, 2.75) is 0 Å². The van der Waals surface area contributed by atoms with Gasteiger partial charge in [-0.3, -0.25) is 0 Å². The van der Waals surface area contributed by atoms with Crippen molar-refractivity contribution >= 4 is 49.8 Å². The average Bonchev–Trinajstić information content (AvgIpc) is 2.63. The van der Waals surface area contributed by atoms with Gasteiger partial charge in [0.2, 0.25) is 0 Å². The Morgan fingerprint density at radius 2 is 1.00 bits per heavy atom. The van der Waals surface area contributed by atoms with Crippen LogP contribution in [0.1, 0.15) is 5.56 Å². The summed E-state index contributed by atoms with van der Waals surface area (Å²) in [6.45, 7) is 3.80. The van der Waals surface area contributed by atoms with Gasteiger partial charge in [-0.15, -0.1) is 0 Å². The van der Waals surface area contributed by atoms with Crippen LogP contribution in [-0.4, -0.2) is 0 Å². The van der Waals surface area contributed by atoms with Crippen LogP contribution >= 0.6 is 27.8 Å². The van der Waals surface area contributed by atoms with Gasteiger partial charge in [0.15, 0.2) is 0 Å². The summed E-state index contributed by atoms with van der Waals surface area (Å²) in [4.78, 5) is 0. The number of hydrogen-bond acceptors (Lipinski definition) is 0. The van der Waals surface area contributed by atoms with E-state index in [-0.39, 0.29) is 0 Å². The van der Waals surface area contributed by atoms with Crippen molar-refractivity contribution in [1.29, 1.82) is 0 Å². The third kappa shape index (κ3) is 2.72. The van der Waals surface area contributed by atoms with Gasteiger partial charge in [-0.2, -0.15) is 0 Å². The third-order valence-electron chi connectivity index (χ3n) is 4.00. The van der Waals surface area contributed by atoms with E-state index in [1.54, 1.807) is 0 Å². The molecule has 0 amide bonds. The molecular weight excluding hydrogens is 342 g/mol. The van der Waals surface area contributed by atoms with Gasteiger partial charge in [0.1, 0.15) is 0 Å². The Labute approximate surface area is 146 Å². The Morgan fingerprint density at radius 3 is 1.39 bits per heavy atom. The summed E-state index contributed by atoms with van der Waals surface area (Å²) < 4.78 is 0. The van der Waals surface area contributed by atoms with Gasteiger partial charge in [0, 0.05) is 0 Å². The molecule has 0 aliphatic rings. The Bertz CT molecular complexity index is 766. The van der Waals surface area contributed by atoms with E-state index in [0.717, 1.165) is 21.5 Å². The van der Waals surface area contributed by atoms with Crippen molar-refractivity contribution < 1.29 is 0 Å². The standard InChI is InChI=1S/C20H17Cl2P/c1-2-17-13-15-20(16-14-17)23(21,22,18-9-5-3-6-10-18)19-11-7-4-8-12-19/h2-16H,1H2. The van der Waals surface area contributed by atoms with Crippen molar-refractivity contribution in [2.24, 2.45) is 0 Å². The van der Waals surface area contributed by atoms with Crippen LogP contribution in [0.25, 0.3) is 6.08 Å². The van der Waals surface area contributed by atoms with Gasteiger partial charge in [-0.1, -0.05) is 0 Å². The van der Waals surface area contributed by atoms with Crippen LogP contribution in [0, 0.1) is 0 Å². The van der Waals surface area contributed by atoms with Crippen LogP contribution < -0.4 is 15.9 Å². The quantitative estimate of drug-likeness (QED) is 0.542. The fourth-order valence-corrected chi connectivity index (χ4v) is 7.69. The second kappa shape index (κ2) is 6.13. The predicted molar refractivity (Wildman–Crippen MR) is 107 cm³/mol. The predicted octanol–water partition coefficient (Wildman–Crippen LogP) is 5.47. The second-order valence-electron chi connectivity index (χ2n) is 5.37. The second-order valence-corrected chi connectivity index (χ2v) is 13.3. The number of benzene rings is 3. The molecule has 0 N–H and O–H groups in total. The molecule has 0 spiro atoms. The molecule has 23 heavy (non-hydrogen) atoms. The average molecular weight is 359 g/mol. The first-order valence-electron chi connectivity index (χ1n) is 7.35. The van der Waals surface area contributed by atoms with Crippen LogP contribution in [0.3, 0.4) is 0 Å². The molecular formula is C20H17Cl2P. The first-order chi connectivity index (χ1) is 11.1. The molecule has 0 unspecified atom stereocenters. The third-order valence-corrected chi connectivity index (χ3v) is 11.1. The van der Waals surface area contributed by atoms with E-state index in [1.165, 1.54) is 0 Å². The maximum atomic E-state index is 7.34. The van der Waals surface area contributed by atoms with Crippen molar-refractivity contribution in [3.63, 3.8) is 0 Å². The molecule has 0 aromatic heterocycles. The molecule has 0 saturated carbocycles. The molecule has 3 aromatic carbocycles. The fraction of sp³-hybridized carbons (Fsp3) is 0. The zero-order valence-electron chi connectivity index (χ0n) is 12.6. The summed E-state index contributed by atoms with van der Waals surface area (Å²) in [5.74, 6) is 0. The summed E-state index contributed by atoms with van der Waals surface area (Å²) in [6.07, 6.45) is 1.81. The molecule has 3 rings (SSSR count). The topological polar surface area (TPSA) is 0 Å². The Kier molecular flexibility index (Phi) is 4.34. The van der Waals surface area contributed by atoms with Crippen molar-refractivity contribution in [1.82, 2.24) is 0 Å². The Hall–Kier alpha value is -1.59. The van der Waals surface area contributed by atoms with Crippen LogP contribution in [0.2, 0.25) is 0 Å². The summed E-state index contributed by atoms with van der Waals surface area (Å²) in [5, 5.41) is -0.682. The summed E-state index contributed by atoms with van der Waals surface area (Å²) in [5.41, 5.74) is 1.04. The van der Waals surface area contributed by atoms with Gasteiger partial charge in [-0.25, -0.2) is 0 Å². The van der Waals surface area contributed by atoms with Gasteiger partial charge >= 0.3 is 147 Å². The zero-order chi connectivity index (χ0) is 16.4. The van der Waals surface area contributed by atoms with E-state index in [1.807, 2.05) is 91.0 Å². The van der Waals surface area contributed by atoms with Gasteiger partial charge in [0.05, 0.1) is 0 Å². The zero-order valence-corrected chi connectivity index (χ0v) is 15.0. The molecule has 0 nitrogen and oxygen atoms in total. The molecule has 116 valence electrons. The van der Waals surface area contributed by atoms with Crippen molar-refractivity contribution in [3.05, 3.63) is 97.1 Å². The number of rotatable bonds is 4. The monoisotopic (exact) mass is 358 g/mol. The molecule has 3 heteroatoms. The van der Waals surface area contributed by atoms with E-state index >= 15 is 0 Å². The molecule has 0 bridgehead atoms.